The largest absolute Gasteiger partial charge is 0.349 e. The van der Waals surface area contributed by atoms with Crippen molar-refractivity contribution in [1.29, 1.82) is 0 Å². The molecule has 0 aliphatic carbocycles. The molecular formula is C31H32N6O2. The van der Waals surface area contributed by atoms with E-state index in [1.54, 1.807) is 15.8 Å². The Morgan fingerprint density at radius 2 is 1.72 bits per heavy atom. The van der Waals surface area contributed by atoms with Crippen molar-refractivity contribution < 1.29 is 9.59 Å². The van der Waals surface area contributed by atoms with Gasteiger partial charge in [0.2, 0.25) is 11.8 Å². The van der Waals surface area contributed by atoms with E-state index in [1.165, 1.54) is 0 Å². The number of carbonyl (C=O) groups is 2. The molecule has 1 atom stereocenters. The average Bonchev–Trinajstić information content (AvgIpc) is 3.35. The van der Waals surface area contributed by atoms with Crippen LogP contribution in [-0.4, -0.2) is 42.2 Å². The van der Waals surface area contributed by atoms with Crippen molar-refractivity contribution in [3.8, 4) is 0 Å². The van der Waals surface area contributed by atoms with Crippen molar-refractivity contribution in [1.82, 2.24) is 30.2 Å². The Kier molecular flexibility index (Phi) is 7.36. The van der Waals surface area contributed by atoms with Gasteiger partial charge in [0.25, 0.3) is 0 Å². The fourth-order valence-electron chi connectivity index (χ4n) is 4.58. The molecule has 0 fully saturated rings. The number of carbonyl (C=O) groups excluding carboxylic acids is 2. The summed E-state index contributed by atoms with van der Waals surface area (Å²) in [4.78, 5) is 34.2. The lowest BCUT2D eigenvalue weighted by Gasteiger charge is -2.35. The predicted molar refractivity (Wildman–Crippen MR) is 152 cm³/mol. The van der Waals surface area contributed by atoms with Crippen LogP contribution in [0.15, 0.2) is 91.1 Å². The molecule has 0 unspecified atom stereocenters. The van der Waals surface area contributed by atoms with Gasteiger partial charge in [-0.1, -0.05) is 66.7 Å². The molecule has 0 saturated carbocycles. The fraction of sp³-hybridized carbons (Fsp3) is 0.258. The van der Waals surface area contributed by atoms with E-state index in [9.17, 15) is 9.59 Å². The van der Waals surface area contributed by atoms with Crippen molar-refractivity contribution in [2.45, 2.75) is 51.9 Å². The minimum atomic E-state index is -0.872. The van der Waals surface area contributed by atoms with Crippen LogP contribution in [0.3, 0.4) is 0 Å². The van der Waals surface area contributed by atoms with Gasteiger partial charge in [-0.3, -0.25) is 14.6 Å². The highest BCUT2D eigenvalue weighted by Crippen LogP contribution is 2.28. The Morgan fingerprint density at radius 1 is 0.949 bits per heavy atom. The van der Waals surface area contributed by atoms with E-state index in [-0.39, 0.29) is 24.9 Å². The van der Waals surface area contributed by atoms with Crippen LogP contribution in [-0.2, 0) is 22.7 Å². The van der Waals surface area contributed by atoms with E-state index < -0.39 is 11.6 Å². The Balaban J connectivity index is 1.59. The number of para-hydroxylation sites is 1. The zero-order valence-electron chi connectivity index (χ0n) is 22.4. The quantitative estimate of drug-likeness (QED) is 0.293. The summed E-state index contributed by atoms with van der Waals surface area (Å²) >= 11 is 0. The summed E-state index contributed by atoms with van der Waals surface area (Å²) in [6.07, 6.45) is 2.48. The Labute approximate surface area is 227 Å². The highest BCUT2D eigenvalue weighted by molar-refractivity contribution is 5.91. The van der Waals surface area contributed by atoms with Gasteiger partial charge in [0.1, 0.15) is 18.1 Å². The predicted octanol–water partition coefficient (Wildman–Crippen LogP) is 5.05. The number of pyridine rings is 1. The molecule has 0 aliphatic heterocycles. The van der Waals surface area contributed by atoms with Crippen molar-refractivity contribution in [3.63, 3.8) is 0 Å². The number of hydrogen-bond donors (Lipinski definition) is 1. The molecule has 8 heteroatoms. The zero-order valence-corrected chi connectivity index (χ0v) is 22.4. The number of rotatable bonds is 9. The van der Waals surface area contributed by atoms with Crippen LogP contribution in [0.1, 0.15) is 44.4 Å². The molecule has 5 aromatic rings. The van der Waals surface area contributed by atoms with Crippen LogP contribution < -0.4 is 5.32 Å². The number of fused-ring (bicyclic) bond motifs is 2. The molecule has 0 spiro atoms. The van der Waals surface area contributed by atoms with Crippen molar-refractivity contribution in [2.24, 2.45) is 0 Å². The van der Waals surface area contributed by atoms with Crippen LogP contribution in [0.2, 0.25) is 0 Å². The Morgan fingerprint density at radius 3 is 2.51 bits per heavy atom. The summed E-state index contributed by atoms with van der Waals surface area (Å²) in [5, 5.41) is 12.5. The van der Waals surface area contributed by atoms with Gasteiger partial charge in [0.15, 0.2) is 0 Å². The molecule has 0 radical (unpaired) electrons. The summed E-state index contributed by atoms with van der Waals surface area (Å²) in [5.74, 6) is -0.479. The number of amides is 2. The second kappa shape index (κ2) is 11.0. The molecule has 2 aromatic heterocycles. The smallest absolute Gasteiger partial charge is 0.247 e. The second-order valence-corrected chi connectivity index (χ2v) is 10.3. The van der Waals surface area contributed by atoms with Gasteiger partial charge in [-0.2, -0.15) is 0 Å². The van der Waals surface area contributed by atoms with Crippen LogP contribution in [0.25, 0.3) is 21.9 Å². The molecule has 39 heavy (non-hydrogen) atoms. The van der Waals surface area contributed by atoms with Crippen molar-refractivity contribution in [3.05, 3.63) is 102 Å². The number of nitrogens with zero attached hydrogens (tertiary/aromatic N) is 5. The van der Waals surface area contributed by atoms with Crippen LogP contribution >= 0.6 is 0 Å². The second-order valence-electron chi connectivity index (χ2n) is 10.3. The molecular weight excluding hydrogens is 488 g/mol. The third kappa shape index (κ3) is 5.80. The molecule has 1 N–H and O–H groups in total. The lowest BCUT2D eigenvalue weighted by atomic mass is 9.97. The summed E-state index contributed by atoms with van der Waals surface area (Å²) in [6, 6.07) is 25.9. The third-order valence-corrected chi connectivity index (χ3v) is 7.07. The normalized spacial score (nSPS) is 12.4. The van der Waals surface area contributed by atoms with Gasteiger partial charge in [-0.15, -0.1) is 5.10 Å². The lowest BCUT2D eigenvalue weighted by molar-refractivity contribution is -0.143. The van der Waals surface area contributed by atoms with Gasteiger partial charge in [0.05, 0.1) is 11.0 Å². The minimum absolute atomic E-state index is 0.0521. The van der Waals surface area contributed by atoms with Gasteiger partial charge in [-0.25, -0.2) is 4.68 Å². The molecule has 0 aliphatic rings. The fourth-order valence-corrected chi connectivity index (χ4v) is 4.58. The lowest BCUT2D eigenvalue weighted by Crippen LogP contribution is -2.50. The van der Waals surface area contributed by atoms with Crippen LogP contribution in [0, 0.1) is 0 Å². The first-order chi connectivity index (χ1) is 18.8. The number of hydrogen-bond acceptors (Lipinski definition) is 5. The van der Waals surface area contributed by atoms with Crippen molar-refractivity contribution >= 4 is 33.8 Å². The maximum atomic E-state index is 14.1. The third-order valence-electron chi connectivity index (χ3n) is 7.07. The number of nitrogens with one attached hydrogen (secondary N) is 1. The topological polar surface area (TPSA) is 93.0 Å². The van der Waals surface area contributed by atoms with Crippen LogP contribution in [0.5, 0.6) is 0 Å². The molecule has 198 valence electrons. The Bertz CT molecular complexity index is 1610. The van der Waals surface area contributed by atoms with E-state index in [4.69, 9.17) is 0 Å². The van der Waals surface area contributed by atoms with E-state index in [0.29, 0.717) is 11.1 Å². The molecule has 0 saturated heterocycles. The minimum Gasteiger partial charge on any atom is -0.349 e. The molecule has 3 aromatic carbocycles. The standard InChI is InChI=1S/C31H32N6O2/c1-4-31(2,3)33-30(39)29(24-16-17-25-23(19-24)13-10-18-32-25)36(20-22-11-6-5-7-12-22)28(38)21-37-27-15-9-8-14-26(27)34-35-37/h5-19,29H,4,20-21H2,1-3H3,(H,33,39)/t29-/m1/s1. The first-order valence-electron chi connectivity index (χ1n) is 13.1. The first-order valence-corrected chi connectivity index (χ1v) is 13.1. The summed E-state index contributed by atoms with van der Waals surface area (Å²) in [7, 11) is 0. The molecule has 5 rings (SSSR count). The van der Waals surface area contributed by atoms with E-state index in [2.05, 4.69) is 20.6 Å². The molecule has 0 bridgehead atoms. The number of aromatic nitrogens is 4. The maximum Gasteiger partial charge on any atom is 0.247 e. The first kappa shape index (κ1) is 26.0. The van der Waals surface area contributed by atoms with E-state index in [0.717, 1.165) is 28.4 Å². The Hall–Kier alpha value is -4.59. The highest BCUT2D eigenvalue weighted by Gasteiger charge is 2.34. The van der Waals surface area contributed by atoms with Gasteiger partial charge in [0, 0.05) is 23.7 Å². The van der Waals surface area contributed by atoms with Crippen LogP contribution in [0.4, 0.5) is 0 Å². The van der Waals surface area contributed by atoms with E-state index in [1.807, 2.05) is 106 Å². The summed E-state index contributed by atoms with van der Waals surface area (Å²) < 4.78 is 1.59. The zero-order chi connectivity index (χ0) is 27.4. The SMILES string of the molecule is CCC(C)(C)NC(=O)[C@@H](c1ccc2ncccc2c1)N(Cc1ccccc1)C(=O)Cn1nnc2ccccc21. The molecule has 2 heterocycles. The van der Waals surface area contributed by atoms with Crippen molar-refractivity contribution in [2.75, 3.05) is 0 Å². The summed E-state index contributed by atoms with van der Waals surface area (Å²) in [6.45, 7) is 6.19. The number of benzene rings is 3. The van der Waals surface area contributed by atoms with E-state index >= 15 is 0 Å². The monoisotopic (exact) mass is 520 g/mol. The van der Waals surface area contributed by atoms with Gasteiger partial charge >= 0.3 is 0 Å². The summed E-state index contributed by atoms with van der Waals surface area (Å²) in [5.41, 5.74) is 3.48. The highest BCUT2D eigenvalue weighted by atomic mass is 16.2. The molecule has 8 nitrogen and oxygen atoms in total. The maximum absolute atomic E-state index is 14.1. The molecule has 2 amide bonds. The van der Waals surface area contributed by atoms with Gasteiger partial charge < -0.3 is 10.2 Å². The van der Waals surface area contributed by atoms with Gasteiger partial charge in [-0.05, 0) is 61.7 Å². The average molecular weight is 521 g/mol.